The molecule has 2 heterocycles. The number of hydrogen-bond donors (Lipinski definition) is 2. The Morgan fingerprint density at radius 1 is 1.15 bits per heavy atom. The van der Waals surface area contributed by atoms with Crippen LogP contribution in [0.3, 0.4) is 0 Å². The lowest BCUT2D eigenvalue weighted by atomic mass is 10.2. The van der Waals surface area contributed by atoms with Gasteiger partial charge < -0.3 is 9.88 Å². The van der Waals surface area contributed by atoms with Crippen LogP contribution in [0.1, 0.15) is 38.1 Å². The van der Waals surface area contributed by atoms with Crippen LogP contribution in [0.15, 0.2) is 33.9 Å². The molecule has 138 valence electrons. The zero-order valence-corrected chi connectivity index (χ0v) is 15.5. The van der Waals surface area contributed by atoms with Crippen molar-refractivity contribution in [2.75, 3.05) is 5.32 Å². The van der Waals surface area contributed by atoms with E-state index in [0.29, 0.717) is 30.8 Å². The third-order valence-corrected chi connectivity index (χ3v) is 4.60. The monoisotopic (exact) mass is 355 g/mol. The Balaban J connectivity index is 2.05. The Morgan fingerprint density at radius 2 is 1.92 bits per heavy atom. The Bertz CT molecular complexity index is 1030. The summed E-state index contributed by atoms with van der Waals surface area (Å²) in [5.74, 6) is 0.743. The van der Waals surface area contributed by atoms with Gasteiger partial charge in [0.15, 0.2) is 11.2 Å². The zero-order valence-electron chi connectivity index (χ0n) is 15.5. The van der Waals surface area contributed by atoms with Gasteiger partial charge in [0.05, 0.1) is 6.54 Å². The van der Waals surface area contributed by atoms with Crippen LogP contribution in [0, 0.1) is 6.92 Å². The second kappa shape index (κ2) is 7.59. The number of unbranched alkanes of at least 4 members (excludes halogenated alkanes) is 1. The first kappa shape index (κ1) is 18.0. The molecule has 0 aliphatic rings. The van der Waals surface area contributed by atoms with Crippen LogP contribution >= 0.6 is 0 Å². The molecule has 2 aromatic heterocycles. The lowest BCUT2D eigenvalue weighted by Crippen LogP contribution is -2.31. The van der Waals surface area contributed by atoms with Crippen molar-refractivity contribution in [3.8, 4) is 0 Å². The highest BCUT2D eigenvalue weighted by Crippen LogP contribution is 2.17. The average molecular weight is 355 g/mol. The second-order valence-electron chi connectivity index (χ2n) is 6.38. The van der Waals surface area contributed by atoms with E-state index in [2.05, 4.69) is 22.2 Å². The SMILES string of the molecule is CCCCn1c(=O)[nH]c(=O)c2c1nc(CNc1ccccc1C)n2CC. The van der Waals surface area contributed by atoms with Crippen LogP contribution < -0.4 is 16.6 Å². The summed E-state index contributed by atoms with van der Waals surface area (Å²) in [6.07, 6.45) is 1.82. The molecule has 2 N–H and O–H groups in total. The summed E-state index contributed by atoms with van der Waals surface area (Å²) in [4.78, 5) is 31.7. The number of aromatic amines is 1. The molecule has 26 heavy (non-hydrogen) atoms. The number of fused-ring (bicyclic) bond motifs is 1. The van der Waals surface area contributed by atoms with Crippen molar-refractivity contribution >= 4 is 16.9 Å². The number of rotatable bonds is 7. The molecular weight excluding hydrogens is 330 g/mol. The predicted octanol–water partition coefficient (Wildman–Crippen LogP) is 2.63. The molecule has 0 aliphatic carbocycles. The minimum Gasteiger partial charge on any atom is -0.378 e. The smallest absolute Gasteiger partial charge is 0.330 e. The first-order valence-corrected chi connectivity index (χ1v) is 9.08. The number of H-pyrrole nitrogens is 1. The molecule has 0 saturated heterocycles. The van der Waals surface area contributed by atoms with Gasteiger partial charge in [0, 0.05) is 18.8 Å². The Labute approximate surface area is 151 Å². The summed E-state index contributed by atoms with van der Waals surface area (Å²) in [6.45, 7) is 7.72. The van der Waals surface area contributed by atoms with E-state index in [1.807, 2.05) is 42.7 Å². The van der Waals surface area contributed by atoms with Crippen molar-refractivity contribution in [3.63, 3.8) is 0 Å². The maximum atomic E-state index is 12.4. The van der Waals surface area contributed by atoms with E-state index in [0.717, 1.165) is 29.9 Å². The molecule has 0 unspecified atom stereocenters. The van der Waals surface area contributed by atoms with Crippen molar-refractivity contribution in [3.05, 3.63) is 56.5 Å². The van der Waals surface area contributed by atoms with Gasteiger partial charge in [-0.25, -0.2) is 9.78 Å². The molecule has 0 radical (unpaired) electrons. The molecule has 0 aliphatic heterocycles. The zero-order chi connectivity index (χ0) is 18.7. The lowest BCUT2D eigenvalue weighted by Gasteiger charge is -2.10. The third-order valence-electron chi connectivity index (χ3n) is 4.60. The molecule has 3 rings (SSSR count). The largest absolute Gasteiger partial charge is 0.378 e. The van der Waals surface area contributed by atoms with Gasteiger partial charge in [-0.15, -0.1) is 0 Å². The van der Waals surface area contributed by atoms with Crippen LogP contribution in [-0.4, -0.2) is 19.1 Å². The van der Waals surface area contributed by atoms with E-state index in [4.69, 9.17) is 0 Å². The van der Waals surface area contributed by atoms with E-state index < -0.39 is 5.69 Å². The van der Waals surface area contributed by atoms with E-state index in [9.17, 15) is 9.59 Å². The quantitative estimate of drug-likeness (QED) is 0.682. The molecular formula is C19H25N5O2. The van der Waals surface area contributed by atoms with Gasteiger partial charge in [-0.2, -0.15) is 0 Å². The maximum Gasteiger partial charge on any atom is 0.330 e. The molecule has 7 nitrogen and oxygen atoms in total. The number of hydrogen-bond acceptors (Lipinski definition) is 4. The van der Waals surface area contributed by atoms with Crippen molar-refractivity contribution < 1.29 is 0 Å². The molecule has 3 aromatic rings. The fourth-order valence-corrected chi connectivity index (χ4v) is 3.16. The minimum atomic E-state index is -0.393. The number of imidazole rings is 1. The van der Waals surface area contributed by atoms with Crippen LogP contribution in [0.25, 0.3) is 11.2 Å². The number of nitrogens with zero attached hydrogens (tertiary/aromatic N) is 3. The summed E-state index contributed by atoms with van der Waals surface area (Å²) in [5, 5.41) is 3.38. The van der Waals surface area contributed by atoms with Gasteiger partial charge in [-0.05, 0) is 31.9 Å². The van der Waals surface area contributed by atoms with Crippen LogP contribution in [0.2, 0.25) is 0 Å². The van der Waals surface area contributed by atoms with Gasteiger partial charge >= 0.3 is 5.69 Å². The summed E-state index contributed by atoms with van der Waals surface area (Å²) >= 11 is 0. The number of anilines is 1. The van der Waals surface area contributed by atoms with E-state index in [-0.39, 0.29) is 5.56 Å². The van der Waals surface area contributed by atoms with Gasteiger partial charge in [-0.3, -0.25) is 14.3 Å². The van der Waals surface area contributed by atoms with Crippen LogP contribution in [0.4, 0.5) is 5.69 Å². The van der Waals surface area contributed by atoms with E-state index in [1.165, 1.54) is 0 Å². The van der Waals surface area contributed by atoms with Crippen LogP contribution in [-0.2, 0) is 19.6 Å². The topological polar surface area (TPSA) is 84.7 Å². The standard InChI is InChI=1S/C19H25N5O2/c1-4-6-11-24-17-16(18(25)22-19(24)26)23(5-2)15(21-17)12-20-14-10-8-7-9-13(14)3/h7-10,20H,4-6,11-12H2,1-3H3,(H,22,25,26). The number of nitrogens with one attached hydrogen (secondary N) is 2. The van der Waals surface area contributed by atoms with Crippen molar-refractivity contribution in [1.82, 2.24) is 19.1 Å². The number of benzene rings is 1. The Hall–Kier alpha value is -2.83. The van der Waals surface area contributed by atoms with E-state index >= 15 is 0 Å². The molecule has 0 amide bonds. The normalized spacial score (nSPS) is 11.2. The summed E-state index contributed by atoms with van der Waals surface area (Å²) < 4.78 is 3.45. The molecule has 1 aromatic carbocycles. The van der Waals surface area contributed by atoms with Gasteiger partial charge in [0.2, 0.25) is 0 Å². The van der Waals surface area contributed by atoms with Gasteiger partial charge in [0.1, 0.15) is 5.82 Å². The Morgan fingerprint density at radius 3 is 2.62 bits per heavy atom. The fraction of sp³-hybridized carbons (Fsp3) is 0.421. The highest BCUT2D eigenvalue weighted by atomic mass is 16.2. The van der Waals surface area contributed by atoms with E-state index in [1.54, 1.807) is 4.57 Å². The number of aromatic nitrogens is 4. The molecule has 0 atom stereocenters. The predicted molar refractivity (Wildman–Crippen MR) is 104 cm³/mol. The summed E-state index contributed by atoms with van der Waals surface area (Å²) in [7, 11) is 0. The lowest BCUT2D eigenvalue weighted by molar-refractivity contribution is 0.613. The van der Waals surface area contributed by atoms with Crippen molar-refractivity contribution in [2.24, 2.45) is 0 Å². The third kappa shape index (κ3) is 3.29. The van der Waals surface area contributed by atoms with Crippen molar-refractivity contribution in [1.29, 1.82) is 0 Å². The first-order valence-electron chi connectivity index (χ1n) is 9.08. The fourth-order valence-electron chi connectivity index (χ4n) is 3.16. The highest BCUT2D eigenvalue weighted by Gasteiger charge is 2.17. The number of aryl methyl sites for hydroxylation is 3. The molecule has 0 spiro atoms. The van der Waals surface area contributed by atoms with Gasteiger partial charge in [-0.1, -0.05) is 31.5 Å². The molecule has 0 saturated carbocycles. The summed E-state index contributed by atoms with van der Waals surface area (Å²) in [6, 6.07) is 8.02. The second-order valence-corrected chi connectivity index (χ2v) is 6.38. The Kier molecular flexibility index (Phi) is 5.25. The average Bonchev–Trinajstić information content (AvgIpc) is 2.99. The van der Waals surface area contributed by atoms with Crippen molar-refractivity contribution in [2.45, 2.75) is 53.2 Å². The highest BCUT2D eigenvalue weighted by molar-refractivity contribution is 5.71. The summed E-state index contributed by atoms with van der Waals surface area (Å²) in [5.41, 5.74) is 2.33. The maximum absolute atomic E-state index is 12.4. The van der Waals surface area contributed by atoms with Crippen LogP contribution in [0.5, 0.6) is 0 Å². The first-order chi connectivity index (χ1) is 12.6. The minimum absolute atomic E-state index is 0.380. The number of para-hydroxylation sites is 1. The van der Waals surface area contributed by atoms with Gasteiger partial charge in [0.25, 0.3) is 5.56 Å². The molecule has 7 heteroatoms. The molecule has 0 bridgehead atoms. The molecule has 0 fully saturated rings.